The highest BCUT2D eigenvalue weighted by Gasteiger charge is 2.20. The van der Waals surface area contributed by atoms with E-state index in [1.54, 1.807) is 0 Å². The summed E-state index contributed by atoms with van der Waals surface area (Å²) in [6.07, 6.45) is 0.745. The molecule has 0 heterocycles. The molecule has 1 rings (SSSR count). The van der Waals surface area contributed by atoms with E-state index in [0.717, 1.165) is 12.5 Å². The van der Waals surface area contributed by atoms with Crippen molar-refractivity contribution in [2.75, 3.05) is 18.8 Å². The van der Waals surface area contributed by atoms with Crippen molar-refractivity contribution in [3.63, 3.8) is 0 Å². The molecule has 0 aliphatic rings. The van der Waals surface area contributed by atoms with Gasteiger partial charge in [0.25, 0.3) is 0 Å². The van der Waals surface area contributed by atoms with Crippen LogP contribution in [-0.2, 0) is 14.8 Å². The number of para-hydroxylation sites is 1. The Labute approximate surface area is 111 Å². The van der Waals surface area contributed by atoms with Crippen LogP contribution in [0.2, 0.25) is 0 Å². The maximum absolute atomic E-state index is 13.2. The number of nitrogen functional groups attached to an aromatic ring is 1. The molecule has 0 fully saturated rings. The fourth-order valence-electron chi connectivity index (χ4n) is 1.32. The molecule has 0 saturated carbocycles. The van der Waals surface area contributed by atoms with Gasteiger partial charge in [0, 0.05) is 6.54 Å². The number of benzene rings is 1. The average molecular weight is 289 g/mol. The van der Waals surface area contributed by atoms with Gasteiger partial charge in [0.2, 0.25) is 15.9 Å². The number of anilines is 1. The van der Waals surface area contributed by atoms with Crippen molar-refractivity contribution in [2.45, 2.75) is 18.2 Å². The summed E-state index contributed by atoms with van der Waals surface area (Å²) >= 11 is 0. The number of nitrogens with one attached hydrogen (secondary N) is 2. The molecule has 0 aliphatic carbocycles. The Hall–Kier alpha value is -1.67. The molecule has 1 amide bonds. The summed E-state index contributed by atoms with van der Waals surface area (Å²) in [5.41, 5.74) is 4.89. The third kappa shape index (κ3) is 4.18. The van der Waals surface area contributed by atoms with E-state index < -0.39 is 34.0 Å². The molecule has 0 saturated heterocycles. The topological polar surface area (TPSA) is 101 Å². The van der Waals surface area contributed by atoms with Crippen molar-refractivity contribution in [1.82, 2.24) is 10.0 Å². The summed E-state index contributed by atoms with van der Waals surface area (Å²) < 4.78 is 38.9. The van der Waals surface area contributed by atoms with Crippen molar-refractivity contribution >= 4 is 21.6 Å². The smallest absolute Gasteiger partial charge is 0.243 e. The molecule has 0 unspecified atom stereocenters. The zero-order chi connectivity index (χ0) is 14.5. The van der Waals surface area contributed by atoms with Gasteiger partial charge in [-0.25, -0.2) is 17.5 Å². The molecule has 0 spiro atoms. The third-order valence-corrected chi connectivity index (χ3v) is 3.76. The number of hydrogen-bond acceptors (Lipinski definition) is 4. The zero-order valence-corrected chi connectivity index (χ0v) is 11.3. The summed E-state index contributed by atoms with van der Waals surface area (Å²) in [7, 11) is -4.01. The van der Waals surface area contributed by atoms with Crippen LogP contribution in [0.4, 0.5) is 10.1 Å². The van der Waals surface area contributed by atoms with E-state index in [9.17, 15) is 17.6 Å². The minimum atomic E-state index is -4.01. The Kier molecular flexibility index (Phi) is 5.25. The van der Waals surface area contributed by atoms with Gasteiger partial charge in [0.15, 0.2) is 0 Å². The van der Waals surface area contributed by atoms with Crippen molar-refractivity contribution < 1.29 is 17.6 Å². The molecule has 106 valence electrons. The van der Waals surface area contributed by atoms with Gasteiger partial charge in [-0.1, -0.05) is 13.0 Å². The van der Waals surface area contributed by atoms with Crippen LogP contribution in [0.5, 0.6) is 0 Å². The summed E-state index contributed by atoms with van der Waals surface area (Å²) in [6, 6.07) is 3.46. The largest absolute Gasteiger partial charge is 0.395 e. The van der Waals surface area contributed by atoms with Crippen LogP contribution in [-0.4, -0.2) is 27.4 Å². The van der Waals surface area contributed by atoms with Gasteiger partial charge in [0.1, 0.15) is 10.7 Å². The summed E-state index contributed by atoms with van der Waals surface area (Å²) in [4.78, 5) is 10.9. The average Bonchev–Trinajstić information content (AvgIpc) is 2.37. The van der Waals surface area contributed by atoms with Gasteiger partial charge in [-0.2, -0.15) is 0 Å². The summed E-state index contributed by atoms with van der Waals surface area (Å²) in [5, 5.41) is 2.51. The SMILES string of the molecule is CCCNC(=O)CNS(=O)(=O)c1cccc(F)c1N. The third-order valence-electron chi connectivity index (χ3n) is 2.30. The maximum Gasteiger partial charge on any atom is 0.243 e. The summed E-state index contributed by atoms with van der Waals surface area (Å²) in [6.45, 7) is 1.92. The molecule has 1 aromatic rings. The number of carbonyl (C=O) groups excluding carboxylic acids is 1. The number of carbonyl (C=O) groups is 1. The molecule has 1 aromatic carbocycles. The number of rotatable bonds is 6. The van der Waals surface area contributed by atoms with Gasteiger partial charge in [-0.3, -0.25) is 4.79 Å². The predicted octanol–water partition coefficient (Wildman–Crippen LogP) is 0.212. The Balaban J connectivity index is 2.77. The van der Waals surface area contributed by atoms with Crippen molar-refractivity contribution in [3.8, 4) is 0 Å². The first-order valence-corrected chi connectivity index (χ1v) is 7.17. The predicted molar refractivity (Wildman–Crippen MR) is 69.3 cm³/mol. The van der Waals surface area contributed by atoms with E-state index in [2.05, 4.69) is 10.0 Å². The van der Waals surface area contributed by atoms with Gasteiger partial charge >= 0.3 is 0 Å². The molecule has 0 aliphatic heterocycles. The van der Waals surface area contributed by atoms with Crippen LogP contribution in [0.15, 0.2) is 23.1 Å². The van der Waals surface area contributed by atoms with Gasteiger partial charge in [0.05, 0.1) is 12.2 Å². The number of sulfonamides is 1. The lowest BCUT2D eigenvalue weighted by Crippen LogP contribution is -2.37. The highest BCUT2D eigenvalue weighted by atomic mass is 32.2. The fourth-order valence-corrected chi connectivity index (χ4v) is 2.44. The normalized spacial score (nSPS) is 11.3. The van der Waals surface area contributed by atoms with Crippen molar-refractivity contribution in [2.24, 2.45) is 0 Å². The molecule has 0 bridgehead atoms. The maximum atomic E-state index is 13.2. The minimum Gasteiger partial charge on any atom is -0.395 e. The second-order valence-corrected chi connectivity index (χ2v) is 5.56. The minimum absolute atomic E-state index is 0.379. The number of halogens is 1. The lowest BCUT2D eigenvalue weighted by molar-refractivity contribution is -0.119. The lowest BCUT2D eigenvalue weighted by atomic mass is 10.3. The van der Waals surface area contributed by atoms with Crippen molar-refractivity contribution in [1.29, 1.82) is 0 Å². The fraction of sp³-hybridized carbons (Fsp3) is 0.364. The van der Waals surface area contributed by atoms with E-state index in [1.807, 2.05) is 6.92 Å². The van der Waals surface area contributed by atoms with E-state index >= 15 is 0 Å². The Morgan fingerprint density at radius 3 is 2.74 bits per heavy atom. The van der Waals surface area contributed by atoms with Crippen molar-refractivity contribution in [3.05, 3.63) is 24.0 Å². The molecular formula is C11H16FN3O3S. The van der Waals surface area contributed by atoms with E-state index in [4.69, 9.17) is 5.73 Å². The van der Waals surface area contributed by atoms with Crippen LogP contribution < -0.4 is 15.8 Å². The molecular weight excluding hydrogens is 273 g/mol. The molecule has 0 radical (unpaired) electrons. The van der Waals surface area contributed by atoms with E-state index in [0.29, 0.717) is 6.54 Å². The van der Waals surface area contributed by atoms with Crippen LogP contribution in [0, 0.1) is 5.82 Å². The molecule has 19 heavy (non-hydrogen) atoms. The highest BCUT2D eigenvalue weighted by Crippen LogP contribution is 2.20. The Morgan fingerprint density at radius 1 is 1.42 bits per heavy atom. The number of nitrogens with two attached hydrogens (primary N) is 1. The number of amides is 1. The second kappa shape index (κ2) is 6.48. The van der Waals surface area contributed by atoms with E-state index in [-0.39, 0.29) is 4.90 Å². The first-order chi connectivity index (χ1) is 8.88. The second-order valence-electron chi connectivity index (χ2n) is 3.83. The molecule has 0 aromatic heterocycles. The van der Waals surface area contributed by atoms with Gasteiger partial charge in [-0.15, -0.1) is 0 Å². The number of hydrogen-bond donors (Lipinski definition) is 3. The first kappa shape index (κ1) is 15.4. The monoisotopic (exact) mass is 289 g/mol. The summed E-state index contributed by atoms with van der Waals surface area (Å²) in [5.74, 6) is -1.28. The first-order valence-electron chi connectivity index (χ1n) is 5.69. The standard InChI is InChI=1S/C11H16FN3O3S/c1-2-6-14-10(16)7-15-19(17,18)9-5-3-4-8(12)11(9)13/h3-5,15H,2,6-7,13H2,1H3,(H,14,16). The zero-order valence-electron chi connectivity index (χ0n) is 10.4. The Morgan fingerprint density at radius 2 is 2.11 bits per heavy atom. The molecule has 4 N–H and O–H groups in total. The van der Waals surface area contributed by atoms with Gasteiger partial charge in [-0.05, 0) is 18.6 Å². The highest BCUT2D eigenvalue weighted by molar-refractivity contribution is 7.89. The van der Waals surface area contributed by atoms with Crippen LogP contribution in [0.25, 0.3) is 0 Å². The quantitative estimate of drug-likeness (QED) is 0.652. The molecule has 0 atom stereocenters. The van der Waals surface area contributed by atoms with Crippen LogP contribution in [0.1, 0.15) is 13.3 Å². The lowest BCUT2D eigenvalue weighted by Gasteiger charge is -2.09. The van der Waals surface area contributed by atoms with Gasteiger partial charge < -0.3 is 11.1 Å². The Bertz CT molecular complexity index is 560. The molecule has 6 nitrogen and oxygen atoms in total. The van der Waals surface area contributed by atoms with Crippen LogP contribution >= 0.6 is 0 Å². The molecule has 8 heteroatoms. The van der Waals surface area contributed by atoms with Crippen LogP contribution in [0.3, 0.4) is 0 Å². The van der Waals surface area contributed by atoms with E-state index in [1.165, 1.54) is 12.1 Å².